The number of sulfone groups is 1. The molecule has 2 aliphatic rings. The normalized spacial score (nSPS) is 18.7. The van der Waals surface area contributed by atoms with Crippen LogP contribution in [0.3, 0.4) is 0 Å². The van der Waals surface area contributed by atoms with Crippen molar-refractivity contribution in [3.63, 3.8) is 0 Å². The molecule has 12 heteroatoms. The molecule has 0 aliphatic carbocycles. The van der Waals surface area contributed by atoms with Crippen LogP contribution in [-0.4, -0.2) is 91.5 Å². The predicted octanol–water partition coefficient (Wildman–Crippen LogP) is 2.20. The van der Waals surface area contributed by atoms with Gasteiger partial charge in [-0.15, -0.1) is 0 Å². The maximum Gasteiger partial charge on any atom is 0.228 e. The summed E-state index contributed by atoms with van der Waals surface area (Å²) in [4.78, 5) is 8.78. The van der Waals surface area contributed by atoms with E-state index >= 15 is 0 Å². The smallest absolute Gasteiger partial charge is 0.228 e. The minimum absolute atomic E-state index is 0.00447. The molecule has 0 saturated carbocycles. The number of benzene rings is 1. The zero-order chi connectivity index (χ0) is 26.3. The number of imidazole rings is 1. The molecule has 0 amide bonds. The van der Waals surface area contributed by atoms with Crippen molar-refractivity contribution in [2.45, 2.75) is 49.9 Å². The Labute approximate surface area is 223 Å². The molecule has 0 spiro atoms. The lowest BCUT2D eigenvalue weighted by Crippen LogP contribution is -2.46. The van der Waals surface area contributed by atoms with E-state index in [1.54, 1.807) is 10.8 Å². The second-order valence-electron chi connectivity index (χ2n) is 9.37. The Morgan fingerprint density at radius 2 is 2.00 bits per heavy atom. The number of hydrogen-bond acceptors (Lipinski definition) is 7. The van der Waals surface area contributed by atoms with Crippen molar-refractivity contribution in [2.24, 2.45) is 0 Å². The molecular weight excluding hydrogens is 517 g/mol. The van der Waals surface area contributed by atoms with Gasteiger partial charge in [0.25, 0.3) is 0 Å². The van der Waals surface area contributed by atoms with Gasteiger partial charge in [0.1, 0.15) is 5.82 Å². The van der Waals surface area contributed by atoms with Gasteiger partial charge < -0.3 is 24.3 Å². The van der Waals surface area contributed by atoms with Crippen LogP contribution in [0.2, 0.25) is 0 Å². The van der Waals surface area contributed by atoms with E-state index in [0.717, 1.165) is 51.4 Å². The van der Waals surface area contributed by atoms with Crippen molar-refractivity contribution < 1.29 is 22.3 Å². The quantitative estimate of drug-likeness (QED) is 0.421. The first-order chi connectivity index (χ1) is 17.9. The topological polar surface area (TPSA) is 88.9 Å². The molecule has 2 fully saturated rings. The molecule has 2 aromatic rings. The van der Waals surface area contributed by atoms with Gasteiger partial charge >= 0.3 is 0 Å². The second kappa shape index (κ2) is 13.1. The number of thiocarbonyl (C=S) groups is 1. The Morgan fingerprint density at radius 1 is 1.24 bits per heavy atom. The van der Waals surface area contributed by atoms with E-state index in [1.807, 2.05) is 6.92 Å². The van der Waals surface area contributed by atoms with Gasteiger partial charge in [0.2, 0.25) is 15.0 Å². The van der Waals surface area contributed by atoms with E-state index in [-0.39, 0.29) is 17.0 Å². The van der Waals surface area contributed by atoms with Crippen molar-refractivity contribution in [1.82, 2.24) is 24.7 Å². The molecular formula is C25H36FN5O4S2. The van der Waals surface area contributed by atoms with Gasteiger partial charge in [-0.25, -0.2) is 17.8 Å². The summed E-state index contributed by atoms with van der Waals surface area (Å²) in [6.45, 7) is 8.90. The Morgan fingerprint density at radius 3 is 2.68 bits per heavy atom. The number of rotatable bonds is 11. The van der Waals surface area contributed by atoms with Crippen LogP contribution in [0, 0.1) is 5.82 Å². The Kier molecular flexibility index (Phi) is 9.88. The lowest BCUT2D eigenvalue weighted by atomic mass is 10.2. The zero-order valence-electron chi connectivity index (χ0n) is 21.3. The van der Waals surface area contributed by atoms with Crippen molar-refractivity contribution in [2.75, 3.05) is 52.5 Å². The number of halogens is 1. The predicted molar refractivity (Wildman–Crippen MR) is 142 cm³/mol. The van der Waals surface area contributed by atoms with Crippen LogP contribution in [0.15, 0.2) is 35.6 Å². The summed E-state index contributed by atoms with van der Waals surface area (Å²) < 4.78 is 53.3. The van der Waals surface area contributed by atoms with Crippen LogP contribution < -0.4 is 5.32 Å². The van der Waals surface area contributed by atoms with Gasteiger partial charge in [-0.3, -0.25) is 4.90 Å². The average Bonchev–Trinajstić information content (AvgIpc) is 3.54. The minimum Gasteiger partial charge on any atom is -0.379 e. The van der Waals surface area contributed by atoms with Crippen LogP contribution in [0.1, 0.15) is 31.0 Å². The fourth-order valence-electron chi connectivity index (χ4n) is 4.62. The number of ether oxygens (including phenoxy) is 2. The maximum absolute atomic E-state index is 13.5. The summed E-state index contributed by atoms with van der Waals surface area (Å²) in [5, 5.41) is 3.86. The molecule has 3 heterocycles. The third kappa shape index (κ3) is 7.70. The number of hydrogen-bond donors (Lipinski definition) is 1. The van der Waals surface area contributed by atoms with Gasteiger partial charge in [0.05, 0.1) is 50.1 Å². The summed E-state index contributed by atoms with van der Waals surface area (Å²) in [6.07, 6.45) is 3.37. The summed E-state index contributed by atoms with van der Waals surface area (Å²) >= 11 is 5.67. The average molecular weight is 554 g/mol. The van der Waals surface area contributed by atoms with Crippen LogP contribution in [-0.2, 0) is 38.2 Å². The molecule has 1 aromatic heterocycles. The van der Waals surface area contributed by atoms with Crippen LogP contribution in [0.25, 0.3) is 0 Å². The number of morpholine rings is 1. The SMILES string of the molecule is CCNC(=S)N(CCN1CCOCC1)Cc1cnc(S(=O)(=O)Cc2ccc(F)cc2)n1C[C@H]1CCCO1. The fourth-order valence-corrected chi connectivity index (χ4v) is 6.42. The fraction of sp³-hybridized carbons (Fsp3) is 0.600. The van der Waals surface area contributed by atoms with Gasteiger partial charge in [0.15, 0.2) is 5.11 Å². The molecule has 1 N–H and O–H groups in total. The highest BCUT2D eigenvalue weighted by Gasteiger charge is 2.28. The molecule has 0 unspecified atom stereocenters. The van der Waals surface area contributed by atoms with Crippen molar-refractivity contribution in [3.05, 3.63) is 47.5 Å². The number of nitrogens with zero attached hydrogens (tertiary/aromatic N) is 4. The molecule has 0 bridgehead atoms. The lowest BCUT2D eigenvalue weighted by molar-refractivity contribution is 0.0356. The van der Waals surface area contributed by atoms with Gasteiger partial charge in [-0.05, 0) is 49.7 Å². The Hall–Kier alpha value is -2.12. The molecule has 0 radical (unpaired) electrons. The Balaban J connectivity index is 1.58. The molecule has 4 rings (SSSR count). The highest BCUT2D eigenvalue weighted by Crippen LogP contribution is 2.23. The van der Waals surface area contributed by atoms with E-state index in [0.29, 0.717) is 43.5 Å². The summed E-state index contributed by atoms with van der Waals surface area (Å²) in [6, 6.07) is 5.51. The first-order valence-electron chi connectivity index (χ1n) is 12.8. The van der Waals surface area contributed by atoms with E-state index in [9.17, 15) is 12.8 Å². The van der Waals surface area contributed by atoms with Gasteiger partial charge in [-0.1, -0.05) is 12.1 Å². The third-order valence-electron chi connectivity index (χ3n) is 6.62. The van der Waals surface area contributed by atoms with E-state index < -0.39 is 15.7 Å². The second-order valence-corrected chi connectivity index (χ2v) is 11.6. The summed E-state index contributed by atoms with van der Waals surface area (Å²) in [7, 11) is -3.79. The zero-order valence-corrected chi connectivity index (χ0v) is 22.9. The third-order valence-corrected chi connectivity index (χ3v) is 8.62. The standard InChI is InChI=1S/C25H36FN5O4S2/c1-2-27-24(36)30(10-9-29-11-14-34-15-12-29)17-22-16-28-25(31(22)18-23-4-3-13-35-23)37(32,33)19-20-5-7-21(26)8-6-20/h5-8,16,23H,2-4,9-15,17-19H2,1H3,(H,27,36)/t23-/m1/s1. The Bertz CT molecular complexity index is 1130. The molecule has 9 nitrogen and oxygen atoms in total. The van der Waals surface area contributed by atoms with Crippen LogP contribution >= 0.6 is 12.2 Å². The van der Waals surface area contributed by atoms with Crippen LogP contribution in [0.5, 0.6) is 0 Å². The largest absolute Gasteiger partial charge is 0.379 e. The first kappa shape index (κ1) is 27.9. The minimum atomic E-state index is -3.79. The monoisotopic (exact) mass is 553 g/mol. The van der Waals surface area contributed by atoms with Gasteiger partial charge in [-0.2, -0.15) is 0 Å². The molecule has 1 atom stereocenters. The lowest BCUT2D eigenvalue weighted by Gasteiger charge is -2.31. The van der Waals surface area contributed by atoms with E-state index in [2.05, 4.69) is 20.1 Å². The van der Waals surface area contributed by atoms with E-state index in [4.69, 9.17) is 21.7 Å². The first-order valence-corrected chi connectivity index (χ1v) is 14.9. The number of aromatic nitrogens is 2. The van der Waals surface area contributed by atoms with E-state index in [1.165, 1.54) is 24.3 Å². The summed E-state index contributed by atoms with van der Waals surface area (Å²) in [5.41, 5.74) is 1.27. The highest BCUT2D eigenvalue weighted by atomic mass is 32.2. The molecule has 37 heavy (non-hydrogen) atoms. The van der Waals surface area contributed by atoms with Gasteiger partial charge in [0, 0.05) is 39.3 Å². The highest BCUT2D eigenvalue weighted by molar-refractivity contribution is 7.90. The molecule has 204 valence electrons. The molecule has 2 saturated heterocycles. The van der Waals surface area contributed by atoms with Crippen molar-refractivity contribution >= 4 is 27.2 Å². The maximum atomic E-state index is 13.5. The summed E-state index contributed by atoms with van der Waals surface area (Å²) in [5.74, 6) is -0.664. The van der Waals surface area contributed by atoms with Crippen molar-refractivity contribution in [1.29, 1.82) is 0 Å². The van der Waals surface area contributed by atoms with Crippen LogP contribution in [0.4, 0.5) is 4.39 Å². The van der Waals surface area contributed by atoms with Crippen molar-refractivity contribution in [3.8, 4) is 0 Å². The molecule has 2 aliphatic heterocycles. The molecule has 1 aromatic carbocycles. The number of nitrogens with one attached hydrogen (secondary N) is 1.